The van der Waals surface area contributed by atoms with E-state index in [2.05, 4.69) is 9.97 Å². The highest BCUT2D eigenvalue weighted by atomic mass is 35.5. The van der Waals surface area contributed by atoms with E-state index in [4.69, 9.17) is 11.6 Å². The molecule has 1 fully saturated rings. The zero-order valence-corrected chi connectivity index (χ0v) is 15.2. The van der Waals surface area contributed by atoms with Crippen molar-refractivity contribution in [3.05, 3.63) is 70.3 Å². The van der Waals surface area contributed by atoms with Crippen LogP contribution in [0.25, 0.3) is 10.7 Å². The van der Waals surface area contributed by atoms with Gasteiger partial charge in [0.2, 0.25) is 0 Å². The number of amides is 1. The van der Waals surface area contributed by atoms with Gasteiger partial charge in [0.05, 0.1) is 11.2 Å². The summed E-state index contributed by atoms with van der Waals surface area (Å²) in [4.78, 5) is 23.5. The highest BCUT2D eigenvalue weighted by Crippen LogP contribution is 2.51. The molecule has 0 aliphatic heterocycles. The second-order valence-electron chi connectivity index (χ2n) is 6.16. The Balaban J connectivity index is 1.60. The fourth-order valence-corrected chi connectivity index (χ4v) is 4.02. The number of carbonyl (C=O) groups is 1. The fraction of sp³-hybridized carbons (Fsp3) is 0.211. The molecule has 1 aliphatic rings. The predicted octanol–water partition coefficient (Wildman–Crippen LogP) is 4.62. The number of nitrogens with zero attached hydrogens (tertiary/aromatic N) is 3. The maximum atomic E-state index is 13.0. The van der Waals surface area contributed by atoms with Gasteiger partial charge in [-0.3, -0.25) is 9.78 Å². The van der Waals surface area contributed by atoms with Crippen LogP contribution in [-0.4, -0.2) is 27.8 Å². The number of halogens is 1. The number of pyridine rings is 1. The first-order valence-electron chi connectivity index (χ1n) is 8.01. The van der Waals surface area contributed by atoms with Crippen molar-refractivity contribution < 1.29 is 4.79 Å². The Morgan fingerprint density at radius 2 is 2.08 bits per heavy atom. The molecular formula is C19H16ClN3OS. The zero-order chi connectivity index (χ0) is 17.4. The minimum Gasteiger partial charge on any atom is -0.331 e. The van der Waals surface area contributed by atoms with E-state index >= 15 is 0 Å². The maximum absolute atomic E-state index is 13.0. The molecule has 0 spiro atoms. The van der Waals surface area contributed by atoms with Gasteiger partial charge in [-0.05, 0) is 42.7 Å². The molecule has 0 bridgehead atoms. The Morgan fingerprint density at radius 3 is 2.76 bits per heavy atom. The van der Waals surface area contributed by atoms with Crippen LogP contribution in [0.3, 0.4) is 0 Å². The quantitative estimate of drug-likeness (QED) is 0.674. The predicted molar refractivity (Wildman–Crippen MR) is 99.8 cm³/mol. The normalized spacial score (nSPS) is 15.0. The van der Waals surface area contributed by atoms with Crippen LogP contribution in [0, 0.1) is 0 Å². The lowest BCUT2D eigenvalue weighted by Gasteiger charge is -2.28. The summed E-state index contributed by atoms with van der Waals surface area (Å²) in [5.41, 5.74) is 2.05. The molecule has 0 N–H and O–H groups in total. The van der Waals surface area contributed by atoms with Crippen LogP contribution in [0.2, 0.25) is 5.02 Å². The van der Waals surface area contributed by atoms with Gasteiger partial charge in [0.25, 0.3) is 5.91 Å². The molecule has 0 unspecified atom stereocenters. The topological polar surface area (TPSA) is 46.1 Å². The van der Waals surface area contributed by atoms with Gasteiger partial charge in [0.1, 0.15) is 10.7 Å². The molecule has 6 heteroatoms. The standard InChI is InChI=1S/C19H16ClN3OS/c1-23(19(8-9-19)13-5-4-6-14(20)11-13)18(24)16-12-25-17(22-16)15-7-2-3-10-21-15/h2-7,10-12H,8-9H2,1H3. The molecule has 4 nitrogen and oxygen atoms in total. The molecule has 4 rings (SSSR count). The van der Waals surface area contributed by atoms with Gasteiger partial charge >= 0.3 is 0 Å². The number of thiazole rings is 1. The van der Waals surface area contributed by atoms with Crippen LogP contribution >= 0.6 is 22.9 Å². The molecule has 2 aromatic heterocycles. The lowest BCUT2D eigenvalue weighted by molar-refractivity contribution is 0.0700. The minimum absolute atomic E-state index is 0.0732. The average Bonchev–Trinajstić information content (AvgIpc) is 3.31. The lowest BCUT2D eigenvalue weighted by Crippen LogP contribution is -2.37. The summed E-state index contributed by atoms with van der Waals surface area (Å²) in [6, 6.07) is 13.4. The smallest absolute Gasteiger partial charge is 0.273 e. The number of aromatic nitrogens is 2. The molecule has 0 atom stereocenters. The van der Waals surface area contributed by atoms with Crippen molar-refractivity contribution >= 4 is 28.8 Å². The van der Waals surface area contributed by atoms with E-state index in [1.165, 1.54) is 11.3 Å². The second-order valence-corrected chi connectivity index (χ2v) is 7.45. The SMILES string of the molecule is CN(C(=O)c1csc(-c2ccccn2)n1)C1(c2cccc(Cl)c2)CC1. The Kier molecular flexibility index (Phi) is 4.06. The van der Waals surface area contributed by atoms with E-state index in [0.717, 1.165) is 29.1 Å². The van der Waals surface area contributed by atoms with Crippen molar-refractivity contribution in [1.29, 1.82) is 0 Å². The third-order valence-electron chi connectivity index (χ3n) is 4.64. The van der Waals surface area contributed by atoms with Gasteiger partial charge in [0, 0.05) is 23.6 Å². The molecular weight excluding hydrogens is 354 g/mol. The van der Waals surface area contributed by atoms with Gasteiger partial charge in [-0.2, -0.15) is 0 Å². The first kappa shape index (κ1) is 16.2. The zero-order valence-electron chi connectivity index (χ0n) is 13.6. The number of hydrogen-bond donors (Lipinski definition) is 0. The van der Waals surface area contributed by atoms with Crippen LogP contribution in [0.1, 0.15) is 28.9 Å². The summed E-state index contributed by atoms with van der Waals surface area (Å²) in [5, 5.41) is 3.25. The van der Waals surface area contributed by atoms with Gasteiger partial charge in [0.15, 0.2) is 0 Å². The molecule has 25 heavy (non-hydrogen) atoms. The largest absolute Gasteiger partial charge is 0.331 e. The maximum Gasteiger partial charge on any atom is 0.273 e. The summed E-state index contributed by atoms with van der Waals surface area (Å²) in [6.07, 6.45) is 3.60. The summed E-state index contributed by atoms with van der Waals surface area (Å²) >= 11 is 7.57. The minimum atomic E-state index is -0.267. The van der Waals surface area contributed by atoms with Crippen LogP contribution in [0.5, 0.6) is 0 Å². The first-order chi connectivity index (χ1) is 12.1. The van der Waals surface area contributed by atoms with Gasteiger partial charge < -0.3 is 4.90 Å². The molecule has 2 heterocycles. The molecule has 1 amide bonds. The van der Waals surface area contributed by atoms with E-state index in [1.54, 1.807) is 16.5 Å². The van der Waals surface area contributed by atoms with Gasteiger partial charge in [-0.1, -0.05) is 29.8 Å². The third kappa shape index (κ3) is 2.94. The van der Waals surface area contributed by atoms with E-state index in [-0.39, 0.29) is 11.4 Å². The van der Waals surface area contributed by atoms with Crippen LogP contribution in [0.4, 0.5) is 0 Å². The van der Waals surface area contributed by atoms with Crippen LogP contribution < -0.4 is 0 Å². The van der Waals surface area contributed by atoms with Crippen molar-refractivity contribution in [2.45, 2.75) is 18.4 Å². The molecule has 1 aromatic carbocycles. The van der Waals surface area contributed by atoms with E-state index in [1.807, 2.05) is 49.5 Å². The number of rotatable bonds is 4. The highest BCUT2D eigenvalue weighted by Gasteiger charge is 2.50. The molecule has 1 saturated carbocycles. The Morgan fingerprint density at radius 1 is 1.24 bits per heavy atom. The molecule has 0 radical (unpaired) electrons. The Labute approximate surface area is 155 Å². The second kappa shape index (κ2) is 6.24. The molecule has 0 saturated heterocycles. The van der Waals surface area contributed by atoms with Crippen LogP contribution in [0.15, 0.2) is 54.0 Å². The fourth-order valence-electron chi connectivity index (χ4n) is 3.06. The van der Waals surface area contributed by atoms with Crippen molar-refractivity contribution in [1.82, 2.24) is 14.9 Å². The summed E-state index contributed by atoms with van der Waals surface area (Å²) in [7, 11) is 1.84. The lowest BCUT2D eigenvalue weighted by atomic mass is 10.0. The highest BCUT2D eigenvalue weighted by molar-refractivity contribution is 7.13. The third-order valence-corrected chi connectivity index (χ3v) is 5.74. The van der Waals surface area contributed by atoms with E-state index in [9.17, 15) is 4.79 Å². The van der Waals surface area contributed by atoms with Crippen LogP contribution in [-0.2, 0) is 5.54 Å². The average molecular weight is 370 g/mol. The number of carbonyl (C=O) groups excluding carboxylic acids is 1. The van der Waals surface area contributed by atoms with E-state index in [0.29, 0.717) is 10.7 Å². The van der Waals surface area contributed by atoms with Crippen molar-refractivity contribution in [3.63, 3.8) is 0 Å². The van der Waals surface area contributed by atoms with Gasteiger partial charge in [-0.15, -0.1) is 11.3 Å². The molecule has 3 aromatic rings. The van der Waals surface area contributed by atoms with Crippen molar-refractivity contribution in [2.75, 3.05) is 7.05 Å². The summed E-state index contributed by atoms with van der Waals surface area (Å²) in [6.45, 7) is 0. The number of hydrogen-bond acceptors (Lipinski definition) is 4. The van der Waals surface area contributed by atoms with Crippen molar-refractivity contribution in [2.24, 2.45) is 0 Å². The van der Waals surface area contributed by atoms with Crippen molar-refractivity contribution in [3.8, 4) is 10.7 Å². The van der Waals surface area contributed by atoms with Gasteiger partial charge in [-0.25, -0.2) is 4.98 Å². The molecule has 126 valence electrons. The Hall–Kier alpha value is -2.24. The number of benzene rings is 1. The summed E-state index contributed by atoms with van der Waals surface area (Å²) in [5.74, 6) is -0.0732. The van der Waals surface area contributed by atoms with E-state index < -0.39 is 0 Å². The molecule has 1 aliphatic carbocycles. The first-order valence-corrected chi connectivity index (χ1v) is 9.27. The monoisotopic (exact) mass is 369 g/mol. The summed E-state index contributed by atoms with van der Waals surface area (Å²) < 4.78 is 0. The Bertz CT molecular complexity index is 921.